The van der Waals surface area contributed by atoms with E-state index in [-0.39, 0.29) is 5.56 Å². The van der Waals surface area contributed by atoms with Crippen LogP contribution >= 0.6 is 0 Å². The van der Waals surface area contributed by atoms with Crippen molar-refractivity contribution in [3.05, 3.63) is 58.0 Å². The van der Waals surface area contributed by atoms with E-state index >= 15 is 0 Å². The molecule has 5 heteroatoms. The van der Waals surface area contributed by atoms with E-state index in [2.05, 4.69) is 5.22 Å². The van der Waals surface area contributed by atoms with Crippen molar-refractivity contribution >= 4 is 0 Å². The average Bonchev–Trinajstić information content (AvgIpc) is 2.54. The first-order valence-corrected chi connectivity index (χ1v) is 4.46. The monoisotopic (exact) mass is 201 g/mol. The summed E-state index contributed by atoms with van der Waals surface area (Å²) >= 11 is 0. The van der Waals surface area contributed by atoms with E-state index in [1.807, 2.05) is 18.2 Å². The van der Waals surface area contributed by atoms with Gasteiger partial charge < -0.3 is 5.53 Å². The second-order valence-corrected chi connectivity index (χ2v) is 3.15. The minimum absolute atomic E-state index is 0.225. The van der Waals surface area contributed by atoms with Gasteiger partial charge in [-0.05, 0) is 24.8 Å². The van der Waals surface area contributed by atoms with Crippen LogP contribution in [0.15, 0.2) is 46.4 Å². The molecule has 2 rings (SSSR count). The standard InChI is InChI=1S/C10H9N4O/c1-8-7-10(15)13(14(8)12-11)9-5-3-2-4-6-9/h2-7H,1H3/q-1. The van der Waals surface area contributed by atoms with E-state index in [0.717, 1.165) is 4.79 Å². The van der Waals surface area contributed by atoms with Crippen LogP contribution in [-0.4, -0.2) is 9.47 Å². The maximum Gasteiger partial charge on any atom is 0.255 e. The van der Waals surface area contributed by atoms with Crippen molar-refractivity contribution in [1.82, 2.24) is 9.47 Å². The molecule has 0 bridgehead atoms. The third-order valence-electron chi connectivity index (χ3n) is 2.13. The van der Waals surface area contributed by atoms with E-state index in [4.69, 9.17) is 5.53 Å². The summed E-state index contributed by atoms with van der Waals surface area (Å²) in [5.41, 5.74) is 9.81. The zero-order valence-corrected chi connectivity index (χ0v) is 8.16. The highest BCUT2D eigenvalue weighted by Crippen LogP contribution is 2.06. The summed E-state index contributed by atoms with van der Waals surface area (Å²) in [4.78, 5) is 12.7. The highest BCUT2D eigenvalue weighted by Gasteiger charge is 2.02. The van der Waals surface area contributed by atoms with Gasteiger partial charge in [0.05, 0.1) is 0 Å². The summed E-state index contributed by atoms with van der Waals surface area (Å²) in [6, 6.07) is 10.4. The van der Waals surface area contributed by atoms with Gasteiger partial charge >= 0.3 is 0 Å². The van der Waals surface area contributed by atoms with Gasteiger partial charge in [0.2, 0.25) is 0 Å². The summed E-state index contributed by atoms with van der Waals surface area (Å²) in [7, 11) is 0. The molecule has 0 radical (unpaired) electrons. The van der Waals surface area contributed by atoms with Crippen LogP contribution in [0, 0.1) is 6.92 Å². The van der Waals surface area contributed by atoms with E-state index in [9.17, 15) is 4.79 Å². The Labute approximate surface area is 86.0 Å². The molecular formula is C10H9N4O-. The third-order valence-corrected chi connectivity index (χ3v) is 2.13. The van der Waals surface area contributed by atoms with Gasteiger partial charge in [0.15, 0.2) is 0 Å². The fraction of sp³-hybridized carbons (Fsp3) is 0.100. The number of benzene rings is 1. The van der Waals surface area contributed by atoms with Crippen molar-refractivity contribution in [2.24, 2.45) is 5.22 Å². The van der Waals surface area contributed by atoms with Crippen LogP contribution in [0.3, 0.4) is 0 Å². The second kappa shape index (κ2) is 3.53. The van der Waals surface area contributed by atoms with Crippen molar-refractivity contribution in [2.75, 3.05) is 0 Å². The first kappa shape index (κ1) is 9.39. The lowest BCUT2D eigenvalue weighted by Gasteiger charge is -2.14. The number of aromatic nitrogens is 2. The van der Waals surface area contributed by atoms with Crippen molar-refractivity contribution < 1.29 is 0 Å². The van der Waals surface area contributed by atoms with Crippen molar-refractivity contribution in [1.29, 1.82) is 0 Å². The molecule has 0 N–H and O–H groups in total. The highest BCUT2D eigenvalue weighted by atomic mass is 16.1. The molecule has 0 saturated carbocycles. The highest BCUT2D eigenvalue weighted by molar-refractivity contribution is 5.30. The van der Waals surface area contributed by atoms with Gasteiger partial charge in [0.25, 0.3) is 5.56 Å². The molecule has 15 heavy (non-hydrogen) atoms. The van der Waals surface area contributed by atoms with E-state index in [0.29, 0.717) is 11.4 Å². The lowest BCUT2D eigenvalue weighted by molar-refractivity contribution is 0.607. The molecule has 0 aliphatic heterocycles. The molecule has 0 saturated heterocycles. The van der Waals surface area contributed by atoms with Gasteiger partial charge in [-0.15, -0.1) is 0 Å². The zero-order chi connectivity index (χ0) is 10.8. The van der Waals surface area contributed by atoms with Gasteiger partial charge in [0, 0.05) is 11.8 Å². The fourth-order valence-electron chi connectivity index (χ4n) is 1.47. The van der Waals surface area contributed by atoms with Crippen LogP contribution in [0.5, 0.6) is 0 Å². The number of hydrogen-bond donors (Lipinski definition) is 0. The molecule has 0 aliphatic carbocycles. The SMILES string of the molecule is Cc1cc(=O)n(-c2ccccc2)n1N=[N-]. The smallest absolute Gasteiger partial charge is 0.255 e. The van der Waals surface area contributed by atoms with Crippen LogP contribution in [0.4, 0.5) is 0 Å². The summed E-state index contributed by atoms with van der Waals surface area (Å²) < 4.78 is 1.29. The third kappa shape index (κ3) is 1.48. The lowest BCUT2D eigenvalue weighted by Crippen LogP contribution is -2.18. The van der Waals surface area contributed by atoms with Crippen molar-refractivity contribution in [2.45, 2.75) is 6.92 Å². The maximum atomic E-state index is 11.6. The topological polar surface area (TPSA) is 61.6 Å². The maximum absolute atomic E-state index is 11.6. The summed E-state index contributed by atoms with van der Waals surface area (Å²) in [5, 5.41) is 3.05. The van der Waals surface area contributed by atoms with Crippen LogP contribution < -0.4 is 5.56 Å². The average molecular weight is 201 g/mol. The van der Waals surface area contributed by atoms with Gasteiger partial charge in [-0.1, -0.05) is 18.2 Å². The Kier molecular flexibility index (Phi) is 2.21. The number of aryl methyl sites for hydroxylation is 1. The molecule has 1 aromatic heterocycles. The van der Waals surface area contributed by atoms with Crippen LogP contribution in [0.2, 0.25) is 0 Å². The molecule has 1 aromatic carbocycles. The molecule has 0 unspecified atom stereocenters. The van der Waals surface area contributed by atoms with E-state index in [1.165, 1.54) is 10.7 Å². The summed E-state index contributed by atoms with van der Waals surface area (Å²) in [6.45, 7) is 1.69. The number of para-hydroxylation sites is 1. The Morgan fingerprint density at radius 1 is 1.27 bits per heavy atom. The van der Waals surface area contributed by atoms with Gasteiger partial charge in [-0.2, -0.15) is 0 Å². The minimum atomic E-state index is -0.225. The first-order valence-electron chi connectivity index (χ1n) is 4.46. The second-order valence-electron chi connectivity index (χ2n) is 3.15. The molecule has 0 amide bonds. The molecule has 0 aliphatic rings. The largest absolute Gasteiger partial charge is 0.360 e. The zero-order valence-electron chi connectivity index (χ0n) is 8.16. The van der Waals surface area contributed by atoms with Crippen LogP contribution in [-0.2, 0) is 0 Å². The Hall–Kier alpha value is -2.17. The van der Waals surface area contributed by atoms with E-state index < -0.39 is 0 Å². The number of hydrogen-bond acceptors (Lipinski definition) is 2. The number of nitrogens with zero attached hydrogens (tertiary/aromatic N) is 4. The Morgan fingerprint density at radius 3 is 2.53 bits per heavy atom. The summed E-state index contributed by atoms with van der Waals surface area (Å²) in [6.07, 6.45) is 0. The normalized spacial score (nSPS) is 10.2. The summed E-state index contributed by atoms with van der Waals surface area (Å²) in [5.74, 6) is 0. The van der Waals surface area contributed by atoms with Crippen molar-refractivity contribution in [3.63, 3.8) is 0 Å². The predicted molar refractivity (Wildman–Crippen MR) is 56.0 cm³/mol. The predicted octanol–water partition coefficient (Wildman–Crippen LogP) is 1.73. The Morgan fingerprint density at radius 2 is 1.93 bits per heavy atom. The van der Waals surface area contributed by atoms with Gasteiger partial charge in [-0.25, -0.2) is 0 Å². The quantitative estimate of drug-likeness (QED) is 0.682. The Balaban J connectivity index is 2.73. The molecule has 2 aromatic rings. The molecule has 76 valence electrons. The van der Waals surface area contributed by atoms with Crippen LogP contribution in [0.1, 0.15) is 5.69 Å². The van der Waals surface area contributed by atoms with Gasteiger partial charge in [0.1, 0.15) is 0 Å². The molecular weight excluding hydrogens is 192 g/mol. The fourth-order valence-corrected chi connectivity index (χ4v) is 1.47. The molecule has 0 spiro atoms. The molecule has 0 atom stereocenters. The van der Waals surface area contributed by atoms with Crippen LogP contribution in [0.25, 0.3) is 11.2 Å². The minimum Gasteiger partial charge on any atom is -0.360 e. The molecule has 5 nitrogen and oxygen atoms in total. The van der Waals surface area contributed by atoms with E-state index in [1.54, 1.807) is 19.1 Å². The lowest BCUT2D eigenvalue weighted by atomic mass is 10.3. The van der Waals surface area contributed by atoms with Gasteiger partial charge in [-0.3, -0.25) is 19.5 Å². The number of rotatable bonds is 2. The van der Waals surface area contributed by atoms with Crippen molar-refractivity contribution in [3.8, 4) is 5.69 Å². The Bertz CT molecular complexity index is 538. The molecule has 0 fully saturated rings. The molecule has 1 heterocycles. The first-order chi connectivity index (χ1) is 7.24.